The largest absolute Gasteiger partial charge is 0.477 e. The molecule has 3 aromatic rings. The zero-order valence-corrected chi connectivity index (χ0v) is 18.9. The first kappa shape index (κ1) is 20.8. The third kappa shape index (κ3) is 3.81. The Labute approximate surface area is 193 Å². The summed E-state index contributed by atoms with van der Waals surface area (Å²) in [5, 5.41) is 0.744. The molecule has 0 saturated carbocycles. The van der Waals surface area contributed by atoms with Gasteiger partial charge in [0.2, 0.25) is 5.78 Å². The zero-order chi connectivity index (χ0) is 22.2. The van der Waals surface area contributed by atoms with Crippen LogP contribution < -0.4 is 9.47 Å². The van der Waals surface area contributed by atoms with Crippen molar-refractivity contribution in [2.75, 3.05) is 6.73 Å². The van der Waals surface area contributed by atoms with Crippen molar-refractivity contribution in [2.45, 2.75) is 33.4 Å². The molecule has 0 aromatic heterocycles. The Balaban J connectivity index is 1.41. The van der Waals surface area contributed by atoms with Crippen molar-refractivity contribution in [1.82, 2.24) is 4.90 Å². The van der Waals surface area contributed by atoms with Crippen molar-refractivity contribution in [3.05, 3.63) is 98.8 Å². The highest BCUT2D eigenvalue weighted by molar-refractivity contribution is 6.31. The molecule has 0 N–H and O–H groups in total. The topological polar surface area (TPSA) is 38.8 Å². The summed E-state index contributed by atoms with van der Waals surface area (Å²) < 4.78 is 12.1. The van der Waals surface area contributed by atoms with Crippen LogP contribution in [0.15, 0.2) is 60.4 Å². The summed E-state index contributed by atoms with van der Waals surface area (Å²) in [6.07, 6.45) is 2.79. The van der Waals surface area contributed by atoms with E-state index in [9.17, 15) is 4.79 Å². The standard InChI is InChI=1S/C27H24ClNO3/c1-3-18-8-10-19(11-9-18)12-24-25(30)22-13-21-15-29(14-20-6-4-5-7-23(20)28)16-31-26(21)17(2)27(22)32-24/h4-13H,3,14-16H2,1-2H3/b24-12-. The Morgan fingerprint density at radius 1 is 1.09 bits per heavy atom. The molecule has 2 aliphatic heterocycles. The number of Topliss-reactive ketones (excluding diaryl/α,β-unsaturated/α-hetero) is 1. The first-order valence-electron chi connectivity index (χ1n) is 10.8. The third-order valence-corrected chi connectivity index (χ3v) is 6.41. The van der Waals surface area contributed by atoms with E-state index in [1.54, 1.807) is 0 Å². The van der Waals surface area contributed by atoms with Gasteiger partial charge in [0, 0.05) is 29.2 Å². The van der Waals surface area contributed by atoms with E-state index in [1.807, 2.05) is 55.5 Å². The molecule has 5 rings (SSSR count). The van der Waals surface area contributed by atoms with E-state index in [1.165, 1.54) is 5.56 Å². The van der Waals surface area contributed by atoms with Crippen LogP contribution >= 0.6 is 11.6 Å². The van der Waals surface area contributed by atoms with Gasteiger partial charge in [-0.15, -0.1) is 0 Å². The lowest BCUT2D eigenvalue weighted by atomic mass is 9.99. The van der Waals surface area contributed by atoms with Crippen LogP contribution in [0.3, 0.4) is 0 Å². The molecule has 0 bridgehead atoms. The second kappa shape index (κ2) is 8.45. The fourth-order valence-corrected chi connectivity index (χ4v) is 4.46. The Kier molecular flexibility index (Phi) is 5.50. The van der Waals surface area contributed by atoms with Crippen LogP contribution in [0, 0.1) is 6.92 Å². The molecule has 0 fully saturated rings. The number of fused-ring (bicyclic) bond motifs is 2. The fraction of sp³-hybridized carbons (Fsp3) is 0.222. The molecule has 32 heavy (non-hydrogen) atoms. The van der Waals surface area contributed by atoms with Crippen LogP contribution in [0.4, 0.5) is 0 Å². The minimum Gasteiger partial charge on any atom is -0.477 e. The number of ketones is 1. The van der Waals surface area contributed by atoms with Crippen molar-refractivity contribution in [3.63, 3.8) is 0 Å². The number of hydrogen-bond acceptors (Lipinski definition) is 4. The van der Waals surface area contributed by atoms with Gasteiger partial charge < -0.3 is 9.47 Å². The monoisotopic (exact) mass is 445 g/mol. The molecule has 0 spiro atoms. The lowest BCUT2D eigenvalue weighted by molar-refractivity contribution is 0.0877. The normalized spacial score (nSPS) is 16.5. The second-order valence-corrected chi connectivity index (χ2v) is 8.66. The zero-order valence-electron chi connectivity index (χ0n) is 18.2. The van der Waals surface area contributed by atoms with Crippen LogP contribution in [-0.2, 0) is 19.5 Å². The van der Waals surface area contributed by atoms with Crippen LogP contribution in [-0.4, -0.2) is 17.4 Å². The molecule has 2 aliphatic rings. The van der Waals surface area contributed by atoms with E-state index in [4.69, 9.17) is 21.1 Å². The summed E-state index contributed by atoms with van der Waals surface area (Å²) >= 11 is 6.33. The lowest BCUT2D eigenvalue weighted by Gasteiger charge is -2.30. The molecule has 162 valence electrons. The summed E-state index contributed by atoms with van der Waals surface area (Å²) in [5.74, 6) is 1.67. The van der Waals surface area contributed by atoms with E-state index >= 15 is 0 Å². The Bertz CT molecular complexity index is 1230. The van der Waals surface area contributed by atoms with Crippen molar-refractivity contribution in [1.29, 1.82) is 0 Å². The predicted octanol–water partition coefficient (Wildman–Crippen LogP) is 6.18. The van der Waals surface area contributed by atoms with E-state index in [0.29, 0.717) is 36.9 Å². The SMILES string of the molecule is CCc1ccc(/C=C2\Oc3c(cc4c(c3C)OCN(Cc3ccccc3Cl)C4)C2=O)cc1. The second-order valence-electron chi connectivity index (χ2n) is 8.25. The summed E-state index contributed by atoms with van der Waals surface area (Å²) in [6.45, 7) is 5.89. The van der Waals surface area contributed by atoms with E-state index in [0.717, 1.165) is 39.4 Å². The molecule has 0 radical (unpaired) electrons. The van der Waals surface area contributed by atoms with Gasteiger partial charge in [0.05, 0.1) is 5.56 Å². The highest BCUT2D eigenvalue weighted by atomic mass is 35.5. The number of halogens is 1. The van der Waals surface area contributed by atoms with Crippen LogP contribution in [0.1, 0.15) is 45.1 Å². The maximum Gasteiger partial charge on any atom is 0.231 e. The van der Waals surface area contributed by atoms with Gasteiger partial charge in [-0.05, 0) is 48.2 Å². The molecular formula is C27H24ClNO3. The predicted molar refractivity (Wildman–Crippen MR) is 126 cm³/mol. The van der Waals surface area contributed by atoms with Crippen molar-refractivity contribution in [3.8, 4) is 11.5 Å². The summed E-state index contributed by atoms with van der Waals surface area (Å²) in [6, 6.07) is 17.9. The number of allylic oxidation sites excluding steroid dienone is 1. The molecule has 2 heterocycles. The van der Waals surface area contributed by atoms with Crippen molar-refractivity contribution < 1.29 is 14.3 Å². The molecule has 0 unspecified atom stereocenters. The first-order chi connectivity index (χ1) is 15.5. The van der Waals surface area contributed by atoms with Gasteiger partial charge in [0.15, 0.2) is 5.76 Å². The van der Waals surface area contributed by atoms with Gasteiger partial charge in [-0.2, -0.15) is 0 Å². The average molecular weight is 446 g/mol. The summed E-state index contributed by atoms with van der Waals surface area (Å²) in [7, 11) is 0. The molecule has 5 heteroatoms. The maximum atomic E-state index is 13.1. The molecule has 0 amide bonds. The van der Waals surface area contributed by atoms with Crippen molar-refractivity contribution >= 4 is 23.5 Å². The van der Waals surface area contributed by atoms with Gasteiger partial charge in [-0.25, -0.2) is 0 Å². The Morgan fingerprint density at radius 2 is 1.88 bits per heavy atom. The molecule has 0 aliphatic carbocycles. The molecule has 4 nitrogen and oxygen atoms in total. The summed E-state index contributed by atoms with van der Waals surface area (Å²) in [5.41, 5.74) is 5.72. The summed E-state index contributed by atoms with van der Waals surface area (Å²) in [4.78, 5) is 15.3. The Hall–Kier alpha value is -3.08. The van der Waals surface area contributed by atoms with Crippen LogP contribution in [0.2, 0.25) is 5.02 Å². The number of ether oxygens (including phenoxy) is 2. The van der Waals surface area contributed by atoms with Gasteiger partial charge in [-0.1, -0.05) is 61.0 Å². The number of carbonyl (C=O) groups is 1. The van der Waals surface area contributed by atoms with Gasteiger partial charge in [-0.3, -0.25) is 9.69 Å². The molecular weight excluding hydrogens is 422 g/mol. The molecule has 0 atom stereocenters. The number of nitrogens with zero attached hydrogens (tertiary/aromatic N) is 1. The minimum atomic E-state index is -0.0892. The van der Waals surface area contributed by atoms with Gasteiger partial charge in [0.1, 0.15) is 18.2 Å². The smallest absolute Gasteiger partial charge is 0.231 e. The number of rotatable bonds is 4. The lowest BCUT2D eigenvalue weighted by Crippen LogP contribution is -2.32. The highest BCUT2D eigenvalue weighted by Gasteiger charge is 2.33. The fourth-order valence-electron chi connectivity index (χ4n) is 4.27. The van der Waals surface area contributed by atoms with Gasteiger partial charge in [0.25, 0.3) is 0 Å². The highest BCUT2D eigenvalue weighted by Crippen LogP contribution is 2.43. The number of carbonyl (C=O) groups excluding carboxylic acids is 1. The molecule has 0 saturated heterocycles. The van der Waals surface area contributed by atoms with Crippen LogP contribution in [0.25, 0.3) is 6.08 Å². The van der Waals surface area contributed by atoms with Crippen LogP contribution in [0.5, 0.6) is 11.5 Å². The molecule has 3 aromatic carbocycles. The van der Waals surface area contributed by atoms with E-state index in [-0.39, 0.29) is 5.78 Å². The average Bonchev–Trinajstić information content (AvgIpc) is 3.11. The Morgan fingerprint density at radius 3 is 2.62 bits per heavy atom. The number of aryl methyl sites for hydroxylation is 1. The number of hydrogen-bond donors (Lipinski definition) is 0. The van der Waals surface area contributed by atoms with Gasteiger partial charge >= 0.3 is 0 Å². The minimum absolute atomic E-state index is 0.0892. The first-order valence-corrected chi connectivity index (χ1v) is 11.2. The van der Waals surface area contributed by atoms with E-state index in [2.05, 4.69) is 24.0 Å². The number of benzene rings is 3. The third-order valence-electron chi connectivity index (χ3n) is 6.04. The van der Waals surface area contributed by atoms with Crippen molar-refractivity contribution in [2.24, 2.45) is 0 Å². The quantitative estimate of drug-likeness (QED) is 0.449. The maximum absolute atomic E-state index is 13.1. The van der Waals surface area contributed by atoms with E-state index < -0.39 is 0 Å².